The highest BCUT2D eigenvalue weighted by Crippen LogP contribution is 2.45. The summed E-state index contributed by atoms with van der Waals surface area (Å²) in [4.78, 5) is 12.8. The molecule has 0 bridgehead atoms. The largest absolute Gasteiger partial charge is 0.497 e. The molecule has 3 aromatic rings. The van der Waals surface area contributed by atoms with E-state index in [1.54, 1.807) is 27.9 Å². The van der Waals surface area contributed by atoms with Crippen LogP contribution < -0.4 is 4.74 Å². The molecule has 0 spiro atoms. The number of ether oxygens (including phenoxy) is 2. The summed E-state index contributed by atoms with van der Waals surface area (Å²) in [7, 11) is 1.59. The van der Waals surface area contributed by atoms with E-state index in [0.717, 1.165) is 29.0 Å². The molecule has 0 fully saturated rings. The Balaban J connectivity index is 1.86. The van der Waals surface area contributed by atoms with Gasteiger partial charge in [0.25, 0.3) is 0 Å². The number of carbonyl (C=O) groups is 1. The maximum atomic E-state index is 14.9. The fourth-order valence-corrected chi connectivity index (χ4v) is 4.81. The third kappa shape index (κ3) is 6.21. The maximum absolute atomic E-state index is 14.9. The van der Waals surface area contributed by atoms with E-state index in [2.05, 4.69) is 0 Å². The van der Waals surface area contributed by atoms with Gasteiger partial charge in [-0.05, 0) is 50.1 Å². The van der Waals surface area contributed by atoms with Crippen molar-refractivity contribution in [3.63, 3.8) is 0 Å². The smallest absolute Gasteiger partial charge is 0.313 e. The van der Waals surface area contributed by atoms with Crippen LogP contribution in [0.5, 0.6) is 5.75 Å². The topological polar surface area (TPSA) is 55.8 Å². The number of hydrogen-bond donors (Lipinski definition) is 1. The molecule has 7 heteroatoms. The van der Waals surface area contributed by atoms with Crippen molar-refractivity contribution >= 4 is 17.7 Å². The number of aliphatic hydroxyl groups is 1. The molecule has 0 saturated heterocycles. The fourth-order valence-electron chi connectivity index (χ4n) is 3.68. The molecule has 3 aromatic carbocycles. The number of hydrogen-bond acceptors (Lipinski definition) is 5. The van der Waals surface area contributed by atoms with Gasteiger partial charge in [-0.25, -0.2) is 8.78 Å². The van der Waals surface area contributed by atoms with Crippen LogP contribution in [0.4, 0.5) is 8.78 Å². The zero-order valence-electron chi connectivity index (χ0n) is 20.3. The van der Waals surface area contributed by atoms with E-state index in [0.29, 0.717) is 5.75 Å². The van der Waals surface area contributed by atoms with E-state index in [1.807, 2.05) is 54.6 Å². The molecule has 186 valence electrons. The first-order valence-electron chi connectivity index (χ1n) is 11.2. The molecular formula is C28H30F2O4S. The molecule has 0 aliphatic carbocycles. The first-order chi connectivity index (χ1) is 16.6. The zero-order valence-corrected chi connectivity index (χ0v) is 21.1. The molecule has 0 aromatic heterocycles. The lowest BCUT2D eigenvalue weighted by atomic mass is 9.82. The Labute approximate surface area is 209 Å². The molecule has 0 radical (unpaired) electrons. The second-order valence-electron chi connectivity index (χ2n) is 8.87. The number of halogens is 2. The summed E-state index contributed by atoms with van der Waals surface area (Å²) in [6.45, 7) is 4.71. The van der Waals surface area contributed by atoms with Gasteiger partial charge in [0.1, 0.15) is 29.6 Å². The van der Waals surface area contributed by atoms with Crippen LogP contribution in [-0.2, 0) is 20.9 Å². The molecule has 0 amide bonds. The maximum Gasteiger partial charge on any atom is 0.313 e. The summed E-state index contributed by atoms with van der Waals surface area (Å²) in [5.74, 6) is -1.56. The number of rotatable bonds is 10. The minimum atomic E-state index is -1.94. The molecule has 2 atom stereocenters. The van der Waals surface area contributed by atoms with Gasteiger partial charge in [-0.3, -0.25) is 4.79 Å². The van der Waals surface area contributed by atoms with Crippen LogP contribution in [0.15, 0.2) is 72.8 Å². The minimum absolute atomic E-state index is 0.133. The van der Waals surface area contributed by atoms with Crippen molar-refractivity contribution in [1.29, 1.82) is 0 Å². The van der Waals surface area contributed by atoms with Crippen LogP contribution in [0, 0.1) is 11.6 Å². The number of esters is 1. The Hall–Kier alpha value is -2.90. The van der Waals surface area contributed by atoms with Crippen molar-refractivity contribution in [2.45, 2.75) is 42.8 Å². The van der Waals surface area contributed by atoms with Gasteiger partial charge in [0, 0.05) is 22.1 Å². The van der Waals surface area contributed by atoms with Crippen molar-refractivity contribution in [3.05, 3.63) is 101 Å². The molecule has 3 rings (SSSR count). The summed E-state index contributed by atoms with van der Waals surface area (Å²) in [6, 6.07) is 19.6. The molecule has 0 aliphatic rings. The standard InChI is InChI=1S/C28H30F2O4S/c1-19(21-8-6-5-7-9-21)26(31)34-18-28(32,24-15-12-22(29)16-25(24)30)27(2,3)35-17-20-10-13-23(33-4)14-11-20/h5-16,19,32H,17-18H2,1-4H3/t19?,28-/m1/s1. The molecule has 4 nitrogen and oxygen atoms in total. The lowest BCUT2D eigenvalue weighted by Gasteiger charge is -2.42. The van der Waals surface area contributed by atoms with Gasteiger partial charge in [0.05, 0.1) is 13.0 Å². The molecule has 0 heterocycles. The SMILES string of the molecule is COc1ccc(CSC(C)(C)[C@@](O)(COC(=O)C(C)c2ccccc2)c2ccc(F)cc2F)cc1. The Bertz CT molecular complexity index is 1140. The van der Waals surface area contributed by atoms with Gasteiger partial charge in [0.2, 0.25) is 0 Å². The highest BCUT2D eigenvalue weighted by atomic mass is 32.2. The number of thioether (sulfide) groups is 1. The molecule has 0 aliphatic heterocycles. The zero-order chi connectivity index (χ0) is 25.6. The Kier molecular flexibility index (Phi) is 8.56. The van der Waals surface area contributed by atoms with Gasteiger partial charge in [0.15, 0.2) is 0 Å². The average Bonchev–Trinajstić information content (AvgIpc) is 2.86. The third-order valence-corrected chi connectivity index (χ3v) is 7.74. The second-order valence-corrected chi connectivity index (χ2v) is 10.5. The van der Waals surface area contributed by atoms with Crippen LogP contribution in [0.1, 0.15) is 43.4 Å². The fraction of sp³-hybridized carbons (Fsp3) is 0.321. The van der Waals surface area contributed by atoms with Crippen molar-refractivity contribution in [3.8, 4) is 5.75 Å². The molecule has 0 saturated carbocycles. The molecule has 35 heavy (non-hydrogen) atoms. The average molecular weight is 501 g/mol. The van der Waals surface area contributed by atoms with Crippen molar-refractivity contribution in [1.82, 2.24) is 0 Å². The molecule has 1 N–H and O–H groups in total. The van der Waals surface area contributed by atoms with Crippen LogP contribution in [0.25, 0.3) is 0 Å². The van der Waals surface area contributed by atoms with Crippen LogP contribution in [-0.4, -0.2) is 29.5 Å². The lowest BCUT2D eigenvalue weighted by molar-refractivity contribution is -0.155. The van der Waals surface area contributed by atoms with E-state index in [-0.39, 0.29) is 5.56 Å². The van der Waals surface area contributed by atoms with Gasteiger partial charge in [-0.2, -0.15) is 0 Å². The van der Waals surface area contributed by atoms with E-state index in [9.17, 15) is 18.7 Å². The second kappa shape index (κ2) is 11.2. The van der Waals surface area contributed by atoms with E-state index < -0.39 is 40.5 Å². The Morgan fingerprint density at radius 1 is 1.03 bits per heavy atom. The first-order valence-corrected chi connectivity index (χ1v) is 12.2. The summed E-state index contributed by atoms with van der Waals surface area (Å²) in [5, 5.41) is 11.9. The van der Waals surface area contributed by atoms with E-state index >= 15 is 0 Å². The number of benzene rings is 3. The Morgan fingerprint density at radius 3 is 2.29 bits per heavy atom. The predicted octanol–water partition coefficient (Wildman–Crippen LogP) is 6.22. The third-order valence-electron chi connectivity index (χ3n) is 6.21. The number of carbonyl (C=O) groups excluding carboxylic acids is 1. The highest BCUT2D eigenvalue weighted by Gasteiger charge is 2.48. The Morgan fingerprint density at radius 2 is 1.69 bits per heavy atom. The highest BCUT2D eigenvalue weighted by molar-refractivity contribution is 7.99. The monoisotopic (exact) mass is 500 g/mol. The van der Waals surface area contributed by atoms with Gasteiger partial charge in [-0.15, -0.1) is 11.8 Å². The molecule has 1 unspecified atom stereocenters. The predicted molar refractivity (Wildman–Crippen MR) is 134 cm³/mol. The summed E-state index contributed by atoms with van der Waals surface area (Å²) < 4.78 is 38.3. The quantitative estimate of drug-likeness (QED) is 0.335. The van der Waals surface area contributed by atoms with E-state index in [4.69, 9.17) is 9.47 Å². The number of methoxy groups -OCH3 is 1. The summed E-state index contributed by atoms with van der Waals surface area (Å²) in [5.41, 5.74) is -0.331. The van der Waals surface area contributed by atoms with Gasteiger partial charge in [-0.1, -0.05) is 48.5 Å². The first kappa shape index (κ1) is 26.7. The van der Waals surface area contributed by atoms with E-state index in [1.165, 1.54) is 17.8 Å². The van der Waals surface area contributed by atoms with Gasteiger partial charge < -0.3 is 14.6 Å². The summed E-state index contributed by atoms with van der Waals surface area (Å²) in [6.07, 6.45) is 0. The molecular weight excluding hydrogens is 470 g/mol. The van der Waals surface area contributed by atoms with Crippen LogP contribution in [0.2, 0.25) is 0 Å². The van der Waals surface area contributed by atoms with Crippen molar-refractivity contribution < 1.29 is 28.2 Å². The summed E-state index contributed by atoms with van der Waals surface area (Å²) >= 11 is 1.37. The normalized spacial score (nSPS) is 14.1. The van der Waals surface area contributed by atoms with Gasteiger partial charge >= 0.3 is 5.97 Å². The minimum Gasteiger partial charge on any atom is -0.497 e. The van der Waals surface area contributed by atoms with Crippen LogP contribution >= 0.6 is 11.8 Å². The van der Waals surface area contributed by atoms with Crippen LogP contribution in [0.3, 0.4) is 0 Å². The van der Waals surface area contributed by atoms with Crippen molar-refractivity contribution in [2.24, 2.45) is 0 Å². The lowest BCUT2D eigenvalue weighted by Crippen LogP contribution is -2.50. The van der Waals surface area contributed by atoms with Crippen molar-refractivity contribution in [2.75, 3.05) is 13.7 Å².